The number of aromatic nitrogens is 3. The molecule has 0 N–H and O–H groups in total. The molecule has 0 radical (unpaired) electrons. The summed E-state index contributed by atoms with van der Waals surface area (Å²) < 4.78 is 2.58. The van der Waals surface area contributed by atoms with Crippen LogP contribution in [0.25, 0.3) is 72.1 Å². The van der Waals surface area contributed by atoms with E-state index in [0.29, 0.717) is 0 Å². The number of nitrogens with zero attached hydrogens (tertiary/aromatic N) is 3. The second kappa shape index (κ2) is 13.3. The highest BCUT2D eigenvalue weighted by Crippen LogP contribution is 2.51. The van der Waals surface area contributed by atoms with Crippen molar-refractivity contribution in [2.45, 2.75) is 32.0 Å². The average molecular weight is 740 g/mol. The van der Waals surface area contributed by atoms with Crippen LogP contribution in [-0.2, 0) is 0 Å². The molecule has 2 aliphatic rings. The number of hydrogen-bond acceptors (Lipinski definition) is 4. The fraction of sp³-hybridized carbons (Fsp3) is 0.0400. The molecule has 0 fully saturated rings. The third kappa shape index (κ3) is 5.70. The fourth-order valence-corrected chi connectivity index (χ4v) is 10.4. The first-order valence-electron chi connectivity index (χ1n) is 18.7. The van der Waals surface area contributed by atoms with Crippen molar-refractivity contribution in [3.63, 3.8) is 0 Å². The number of allylic oxidation sites excluding steroid dienone is 4. The SMILES string of the molecule is C1=CC(n2c3cc4c(cc3c3c5ccccc5ccc32)Sc2ccccc2S4)CC=C1c1ccc(-c2nc(-c3ccccc3)cc(-c3ccccc3)n2)cc1. The third-order valence-corrected chi connectivity index (χ3v) is 13.3. The van der Waals surface area contributed by atoms with Gasteiger partial charge in [-0.2, -0.15) is 0 Å². The van der Waals surface area contributed by atoms with Crippen molar-refractivity contribution in [2.24, 2.45) is 0 Å². The maximum atomic E-state index is 5.04. The van der Waals surface area contributed by atoms with Crippen LogP contribution in [0.1, 0.15) is 18.0 Å². The molecule has 0 saturated carbocycles. The summed E-state index contributed by atoms with van der Waals surface area (Å²) >= 11 is 3.78. The van der Waals surface area contributed by atoms with Gasteiger partial charge < -0.3 is 4.57 Å². The Morgan fingerprint density at radius 1 is 0.491 bits per heavy atom. The Hall–Kier alpha value is -6.14. The minimum Gasteiger partial charge on any atom is -0.333 e. The monoisotopic (exact) mass is 739 g/mol. The normalized spacial score (nSPS) is 14.9. The van der Waals surface area contributed by atoms with E-state index in [1.54, 1.807) is 0 Å². The molecular formula is C50H33N3S2. The van der Waals surface area contributed by atoms with Gasteiger partial charge in [0, 0.05) is 47.0 Å². The van der Waals surface area contributed by atoms with Gasteiger partial charge in [-0.25, -0.2) is 9.97 Å². The van der Waals surface area contributed by atoms with Gasteiger partial charge in [-0.05, 0) is 64.7 Å². The van der Waals surface area contributed by atoms with Crippen LogP contribution in [0, 0.1) is 0 Å². The fourth-order valence-electron chi connectivity index (χ4n) is 8.11. The van der Waals surface area contributed by atoms with Crippen LogP contribution in [0.2, 0.25) is 0 Å². The summed E-state index contributed by atoms with van der Waals surface area (Å²) in [5.74, 6) is 0.723. The van der Waals surface area contributed by atoms with Gasteiger partial charge in [-0.3, -0.25) is 0 Å². The van der Waals surface area contributed by atoms with Crippen LogP contribution in [-0.4, -0.2) is 14.5 Å². The Morgan fingerprint density at radius 2 is 1.11 bits per heavy atom. The molecule has 0 spiro atoms. The number of fused-ring (bicyclic) bond motifs is 7. The molecule has 55 heavy (non-hydrogen) atoms. The van der Waals surface area contributed by atoms with Crippen molar-refractivity contribution < 1.29 is 0 Å². The lowest BCUT2D eigenvalue weighted by atomic mass is 9.96. The Balaban J connectivity index is 0.943. The standard InChI is InChI=1S/C50H33N3S2/c1-3-12-35(13-4-1)41-30-42(36-14-5-2-6-15-36)52-50(51-41)37-21-19-32(20-22-37)33-23-26-38(27-24-33)53-43-28-25-34-11-7-8-16-39(34)49(43)40-29-47-48(31-44(40)53)55-46-18-10-9-17-45(46)54-47/h1-26,28-31,38H,27H2. The number of hydrogen-bond donors (Lipinski definition) is 0. The molecule has 0 amide bonds. The maximum absolute atomic E-state index is 5.04. The predicted molar refractivity (Wildman–Crippen MR) is 231 cm³/mol. The molecule has 1 aliphatic carbocycles. The lowest BCUT2D eigenvalue weighted by Gasteiger charge is -2.22. The minimum atomic E-state index is 0.196. The van der Waals surface area contributed by atoms with Gasteiger partial charge in [0.25, 0.3) is 0 Å². The minimum absolute atomic E-state index is 0.196. The van der Waals surface area contributed by atoms with E-state index in [1.165, 1.54) is 63.3 Å². The van der Waals surface area contributed by atoms with E-state index in [9.17, 15) is 0 Å². The van der Waals surface area contributed by atoms with Crippen molar-refractivity contribution in [1.29, 1.82) is 0 Å². The molecule has 0 bridgehead atoms. The van der Waals surface area contributed by atoms with Crippen molar-refractivity contribution in [1.82, 2.24) is 14.5 Å². The van der Waals surface area contributed by atoms with Gasteiger partial charge in [-0.15, -0.1) is 0 Å². The number of benzene rings is 7. The third-order valence-electron chi connectivity index (χ3n) is 10.8. The van der Waals surface area contributed by atoms with Gasteiger partial charge in [-0.1, -0.05) is 169 Å². The molecule has 1 aliphatic heterocycles. The van der Waals surface area contributed by atoms with Crippen LogP contribution in [0.4, 0.5) is 0 Å². The van der Waals surface area contributed by atoms with E-state index in [-0.39, 0.29) is 6.04 Å². The summed E-state index contributed by atoms with van der Waals surface area (Å²) in [6.07, 6.45) is 8.01. The van der Waals surface area contributed by atoms with E-state index < -0.39 is 0 Å². The first-order valence-corrected chi connectivity index (χ1v) is 20.3. The van der Waals surface area contributed by atoms with E-state index in [1.807, 2.05) is 35.7 Å². The Labute approximate surface area is 328 Å². The summed E-state index contributed by atoms with van der Waals surface area (Å²) in [7, 11) is 0. The summed E-state index contributed by atoms with van der Waals surface area (Å²) in [5, 5.41) is 5.25. The summed E-state index contributed by atoms with van der Waals surface area (Å²) in [6.45, 7) is 0. The van der Waals surface area contributed by atoms with Crippen molar-refractivity contribution in [3.8, 4) is 33.9 Å². The van der Waals surface area contributed by atoms with Crippen molar-refractivity contribution in [2.75, 3.05) is 0 Å². The van der Waals surface area contributed by atoms with Crippen molar-refractivity contribution >= 4 is 61.7 Å². The van der Waals surface area contributed by atoms with E-state index in [0.717, 1.165) is 40.3 Å². The van der Waals surface area contributed by atoms with Gasteiger partial charge >= 0.3 is 0 Å². The molecule has 1 atom stereocenters. The molecule has 7 aromatic carbocycles. The summed E-state index contributed by atoms with van der Waals surface area (Å²) in [4.78, 5) is 15.4. The molecule has 2 aromatic heterocycles. The molecular weight excluding hydrogens is 707 g/mol. The zero-order valence-electron chi connectivity index (χ0n) is 29.8. The van der Waals surface area contributed by atoms with Gasteiger partial charge in [0.15, 0.2) is 5.82 Å². The van der Waals surface area contributed by atoms with E-state index in [4.69, 9.17) is 9.97 Å². The van der Waals surface area contributed by atoms with Crippen LogP contribution >= 0.6 is 23.5 Å². The highest BCUT2D eigenvalue weighted by atomic mass is 32.2. The molecule has 1 unspecified atom stereocenters. The molecule has 0 saturated heterocycles. The second-order valence-corrected chi connectivity index (χ2v) is 16.3. The molecule has 5 heteroatoms. The quantitative estimate of drug-likeness (QED) is 0.176. The van der Waals surface area contributed by atoms with Crippen LogP contribution in [0.3, 0.4) is 0 Å². The largest absolute Gasteiger partial charge is 0.333 e. The van der Waals surface area contributed by atoms with E-state index in [2.05, 4.69) is 174 Å². The van der Waals surface area contributed by atoms with Crippen LogP contribution in [0.5, 0.6) is 0 Å². The maximum Gasteiger partial charge on any atom is 0.160 e. The second-order valence-electron chi connectivity index (χ2n) is 14.1. The Morgan fingerprint density at radius 3 is 1.78 bits per heavy atom. The van der Waals surface area contributed by atoms with Gasteiger partial charge in [0.2, 0.25) is 0 Å². The number of rotatable bonds is 5. The Kier molecular flexibility index (Phi) is 7.82. The molecule has 3 heterocycles. The van der Waals surface area contributed by atoms with Crippen molar-refractivity contribution in [3.05, 3.63) is 188 Å². The zero-order chi connectivity index (χ0) is 36.3. The molecule has 260 valence electrons. The Bertz CT molecular complexity index is 2940. The molecule has 9 aromatic rings. The lowest BCUT2D eigenvalue weighted by Crippen LogP contribution is -2.08. The zero-order valence-corrected chi connectivity index (χ0v) is 31.4. The lowest BCUT2D eigenvalue weighted by molar-refractivity contribution is 0.649. The summed E-state index contributed by atoms with van der Waals surface area (Å²) in [6, 6.07) is 58.8. The predicted octanol–water partition coefficient (Wildman–Crippen LogP) is 13.9. The van der Waals surface area contributed by atoms with Gasteiger partial charge in [0.05, 0.1) is 28.5 Å². The van der Waals surface area contributed by atoms with E-state index >= 15 is 0 Å². The first kappa shape index (κ1) is 32.3. The highest BCUT2D eigenvalue weighted by molar-refractivity contribution is 8.05. The highest BCUT2D eigenvalue weighted by Gasteiger charge is 2.24. The van der Waals surface area contributed by atoms with Crippen LogP contribution in [0.15, 0.2) is 202 Å². The topological polar surface area (TPSA) is 30.7 Å². The molecule has 11 rings (SSSR count). The summed E-state index contributed by atoms with van der Waals surface area (Å²) in [5.41, 5.74) is 9.98. The van der Waals surface area contributed by atoms with Gasteiger partial charge in [0.1, 0.15) is 0 Å². The molecule has 3 nitrogen and oxygen atoms in total. The first-order chi connectivity index (χ1) is 27.2. The average Bonchev–Trinajstić information content (AvgIpc) is 3.58. The van der Waals surface area contributed by atoms with Crippen LogP contribution < -0.4 is 0 Å². The smallest absolute Gasteiger partial charge is 0.160 e.